The summed E-state index contributed by atoms with van der Waals surface area (Å²) in [6.07, 6.45) is 11.8. The molecule has 2 aliphatic rings. The third-order valence-corrected chi connectivity index (χ3v) is 6.92. The van der Waals surface area contributed by atoms with E-state index in [-0.39, 0.29) is 5.92 Å². The molecule has 1 saturated heterocycles. The quantitative estimate of drug-likeness (QED) is 0.588. The Morgan fingerprint density at radius 1 is 1.04 bits per heavy atom. The summed E-state index contributed by atoms with van der Waals surface area (Å²) >= 11 is 0. The Morgan fingerprint density at radius 2 is 1.75 bits per heavy atom. The molecule has 0 amide bonds. The minimum Gasteiger partial charge on any atom is -0.296 e. The molecule has 0 aromatic rings. The van der Waals surface area contributed by atoms with E-state index < -0.39 is 0 Å². The van der Waals surface area contributed by atoms with Gasteiger partial charge in [0.05, 0.1) is 6.07 Å². The van der Waals surface area contributed by atoms with Crippen molar-refractivity contribution in [2.75, 3.05) is 6.54 Å². The lowest BCUT2D eigenvalue weighted by atomic mass is 9.69. The molecule has 24 heavy (non-hydrogen) atoms. The first-order valence-corrected chi connectivity index (χ1v) is 10.6. The average molecular weight is 333 g/mol. The largest absolute Gasteiger partial charge is 0.296 e. The fourth-order valence-corrected chi connectivity index (χ4v) is 5.93. The highest BCUT2D eigenvalue weighted by molar-refractivity contribution is 4.99. The van der Waals surface area contributed by atoms with Crippen LogP contribution in [0.1, 0.15) is 92.4 Å². The molecule has 2 nitrogen and oxygen atoms in total. The lowest BCUT2D eigenvalue weighted by Gasteiger charge is -2.47. The monoisotopic (exact) mass is 332 g/mol. The maximum Gasteiger partial charge on any atom is 0.0658 e. The molecule has 0 bridgehead atoms. The maximum absolute atomic E-state index is 9.75. The molecule has 0 spiro atoms. The third-order valence-electron chi connectivity index (χ3n) is 6.92. The Bertz CT molecular complexity index is 422. The molecule has 0 N–H and O–H groups in total. The van der Waals surface area contributed by atoms with Gasteiger partial charge in [-0.2, -0.15) is 5.26 Å². The summed E-state index contributed by atoms with van der Waals surface area (Å²) in [5.74, 6) is 2.21. The van der Waals surface area contributed by atoms with Gasteiger partial charge in [0.25, 0.3) is 0 Å². The molecule has 2 heteroatoms. The van der Waals surface area contributed by atoms with Gasteiger partial charge in [0, 0.05) is 17.5 Å². The van der Waals surface area contributed by atoms with Crippen molar-refractivity contribution in [2.24, 2.45) is 23.7 Å². The van der Waals surface area contributed by atoms with Gasteiger partial charge in [0.2, 0.25) is 0 Å². The standard InChI is InChI=1S/C22H40N2/c1-17(2)21-19(11-7-8-12-20(21)16-23)15-22(5)13-9-6-10-14-24(22)18(3)4/h17-21H,6-15H2,1-5H3. The summed E-state index contributed by atoms with van der Waals surface area (Å²) in [6, 6.07) is 3.32. The van der Waals surface area contributed by atoms with E-state index in [4.69, 9.17) is 0 Å². The van der Waals surface area contributed by atoms with E-state index in [9.17, 15) is 5.26 Å². The minimum absolute atomic E-state index is 0.277. The van der Waals surface area contributed by atoms with Crippen molar-refractivity contribution in [3.8, 4) is 6.07 Å². The number of nitriles is 1. The number of hydrogen-bond acceptors (Lipinski definition) is 2. The van der Waals surface area contributed by atoms with Crippen LogP contribution in [0.25, 0.3) is 0 Å². The van der Waals surface area contributed by atoms with Crippen LogP contribution in [0.4, 0.5) is 0 Å². The summed E-state index contributed by atoms with van der Waals surface area (Å²) in [6.45, 7) is 13.2. The molecule has 1 aliphatic carbocycles. The molecule has 1 aliphatic heterocycles. The first-order valence-electron chi connectivity index (χ1n) is 10.6. The molecule has 138 valence electrons. The molecule has 2 fully saturated rings. The summed E-state index contributed by atoms with van der Waals surface area (Å²) in [5.41, 5.74) is 0.326. The SMILES string of the molecule is CC(C)C1C(C#N)CCCCC1CC1(C)CCCCCN1C(C)C. The van der Waals surface area contributed by atoms with Gasteiger partial charge in [-0.3, -0.25) is 4.90 Å². The van der Waals surface area contributed by atoms with Crippen LogP contribution in [-0.2, 0) is 0 Å². The molecule has 0 radical (unpaired) electrons. The zero-order valence-corrected chi connectivity index (χ0v) is 16.9. The highest BCUT2D eigenvalue weighted by Crippen LogP contribution is 2.44. The van der Waals surface area contributed by atoms with Crippen LogP contribution >= 0.6 is 0 Å². The first-order chi connectivity index (χ1) is 11.4. The predicted octanol–water partition coefficient (Wildman–Crippen LogP) is 6.02. The first kappa shape index (κ1) is 19.8. The number of likely N-dealkylation sites (tertiary alicyclic amines) is 1. The number of nitrogens with zero attached hydrogens (tertiary/aromatic N) is 2. The molecule has 2 rings (SSSR count). The second-order valence-corrected chi connectivity index (χ2v) is 9.40. The topological polar surface area (TPSA) is 27.0 Å². The van der Waals surface area contributed by atoms with E-state index >= 15 is 0 Å². The van der Waals surface area contributed by atoms with Gasteiger partial charge in [-0.1, -0.05) is 46.0 Å². The van der Waals surface area contributed by atoms with Gasteiger partial charge in [0.1, 0.15) is 0 Å². The van der Waals surface area contributed by atoms with Crippen LogP contribution in [0.3, 0.4) is 0 Å². The molecule has 1 saturated carbocycles. The van der Waals surface area contributed by atoms with Crippen molar-refractivity contribution >= 4 is 0 Å². The van der Waals surface area contributed by atoms with E-state index in [0.717, 1.165) is 12.3 Å². The normalized spacial score (nSPS) is 36.3. The third kappa shape index (κ3) is 4.54. The summed E-state index contributed by atoms with van der Waals surface area (Å²) in [7, 11) is 0. The Kier molecular flexibility index (Phi) is 7.17. The fourth-order valence-electron chi connectivity index (χ4n) is 5.93. The fraction of sp³-hybridized carbons (Fsp3) is 0.955. The smallest absolute Gasteiger partial charge is 0.0658 e. The van der Waals surface area contributed by atoms with E-state index in [1.54, 1.807) is 0 Å². The molecule has 4 unspecified atom stereocenters. The van der Waals surface area contributed by atoms with E-state index in [1.165, 1.54) is 57.9 Å². The maximum atomic E-state index is 9.75. The Hall–Kier alpha value is -0.550. The van der Waals surface area contributed by atoms with Crippen LogP contribution < -0.4 is 0 Å². The van der Waals surface area contributed by atoms with Crippen LogP contribution in [0.2, 0.25) is 0 Å². The Morgan fingerprint density at radius 3 is 2.38 bits per heavy atom. The van der Waals surface area contributed by atoms with Crippen molar-refractivity contribution < 1.29 is 0 Å². The van der Waals surface area contributed by atoms with E-state index in [1.807, 2.05) is 0 Å². The van der Waals surface area contributed by atoms with Crippen molar-refractivity contribution in [1.82, 2.24) is 4.90 Å². The zero-order chi connectivity index (χ0) is 17.7. The molecule has 1 heterocycles. The molecule has 4 atom stereocenters. The summed E-state index contributed by atoms with van der Waals surface area (Å²) in [4.78, 5) is 2.80. The lowest BCUT2D eigenvalue weighted by molar-refractivity contribution is 0.0296. The minimum atomic E-state index is 0.277. The predicted molar refractivity (Wildman–Crippen MR) is 103 cm³/mol. The van der Waals surface area contributed by atoms with Crippen LogP contribution in [0.15, 0.2) is 0 Å². The lowest BCUT2D eigenvalue weighted by Crippen LogP contribution is -2.51. The molecular formula is C22H40N2. The van der Waals surface area contributed by atoms with Crippen LogP contribution in [-0.4, -0.2) is 23.0 Å². The van der Waals surface area contributed by atoms with Gasteiger partial charge in [-0.15, -0.1) is 0 Å². The summed E-state index contributed by atoms with van der Waals surface area (Å²) < 4.78 is 0. The Balaban J connectivity index is 2.24. The Labute approximate surface area is 151 Å². The van der Waals surface area contributed by atoms with Crippen molar-refractivity contribution in [3.05, 3.63) is 0 Å². The van der Waals surface area contributed by atoms with Crippen LogP contribution in [0.5, 0.6) is 0 Å². The second kappa shape index (κ2) is 8.70. The van der Waals surface area contributed by atoms with Gasteiger partial charge in [-0.05, 0) is 70.8 Å². The van der Waals surface area contributed by atoms with Gasteiger partial charge < -0.3 is 0 Å². The van der Waals surface area contributed by atoms with Crippen molar-refractivity contribution in [2.45, 2.75) is 104 Å². The van der Waals surface area contributed by atoms with E-state index in [2.05, 4.69) is 45.6 Å². The number of hydrogen-bond donors (Lipinski definition) is 0. The second-order valence-electron chi connectivity index (χ2n) is 9.40. The summed E-state index contributed by atoms with van der Waals surface area (Å²) in [5, 5.41) is 9.75. The van der Waals surface area contributed by atoms with Gasteiger partial charge in [0.15, 0.2) is 0 Å². The highest BCUT2D eigenvalue weighted by Gasteiger charge is 2.41. The van der Waals surface area contributed by atoms with Crippen molar-refractivity contribution in [1.29, 1.82) is 5.26 Å². The van der Waals surface area contributed by atoms with Crippen molar-refractivity contribution in [3.63, 3.8) is 0 Å². The van der Waals surface area contributed by atoms with Gasteiger partial charge >= 0.3 is 0 Å². The molecule has 0 aromatic heterocycles. The van der Waals surface area contributed by atoms with Gasteiger partial charge in [-0.25, -0.2) is 0 Å². The van der Waals surface area contributed by atoms with Crippen LogP contribution in [0, 0.1) is 35.0 Å². The molecule has 0 aromatic carbocycles. The number of rotatable bonds is 4. The highest BCUT2D eigenvalue weighted by atomic mass is 15.2. The average Bonchev–Trinajstić information content (AvgIpc) is 2.82. The zero-order valence-electron chi connectivity index (χ0n) is 16.9. The van der Waals surface area contributed by atoms with E-state index in [0.29, 0.717) is 23.4 Å². The molecular weight excluding hydrogens is 292 g/mol.